The largest absolute Gasteiger partial charge is 0.741 e. The first kappa shape index (κ1) is 19.8. The van der Waals surface area contributed by atoms with Gasteiger partial charge in [0.2, 0.25) is 11.0 Å². The number of rotatable bonds is 0. The van der Waals surface area contributed by atoms with Crippen molar-refractivity contribution in [2.75, 3.05) is 0 Å². The predicted molar refractivity (Wildman–Crippen MR) is 98.8 cm³/mol. The van der Waals surface area contributed by atoms with Crippen LogP contribution in [0.25, 0.3) is 31.2 Å². The summed E-state index contributed by atoms with van der Waals surface area (Å²) in [6, 6.07) is 16.8. The smallest absolute Gasteiger partial charge is 0.485 e. The lowest BCUT2D eigenvalue weighted by molar-refractivity contribution is -0.616. The summed E-state index contributed by atoms with van der Waals surface area (Å²) >= 11 is 8.20. The van der Waals surface area contributed by atoms with E-state index >= 15 is 0 Å². The van der Waals surface area contributed by atoms with Gasteiger partial charge in [0, 0.05) is 10.1 Å². The Morgan fingerprint density at radius 1 is 1.04 bits per heavy atom. The van der Waals surface area contributed by atoms with E-state index in [-0.39, 0.29) is 0 Å². The fraction of sp³-hybridized carbons (Fsp3) is 0.118. The highest BCUT2D eigenvalue weighted by molar-refractivity contribution is 7.86. The number of benzene rings is 2. The number of hydrogen-bond acceptors (Lipinski definition) is 4. The van der Waals surface area contributed by atoms with Gasteiger partial charge in [-0.3, -0.25) is 0 Å². The Balaban J connectivity index is 0.000000226. The lowest BCUT2D eigenvalue weighted by Gasteiger charge is -2.08. The highest BCUT2D eigenvalue weighted by Gasteiger charge is 2.36. The molecule has 10 heteroatoms. The lowest BCUT2D eigenvalue weighted by atomic mass is 10.1. The SMILES string of the molecule is C[n+]1c2c(Cl)cccc2cc2sc3ccccc3c21.O=S(=O)([O-])C(F)(F)F. The molecule has 0 saturated carbocycles. The van der Waals surface area contributed by atoms with Gasteiger partial charge < -0.3 is 4.55 Å². The summed E-state index contributed by atoms with van der Waals surface area (Å²) in [5.41, 5.74) is -3.28. The third kappa shape index (κ3) is 3.73. The van der Waals surface area contributed by atoms with Crippen LogP contribution in [0.3, 0.4) is 0 Å². The summed E-state index contributed by atoms with van der Waals surface area (Å²) in [4.78, 5) is 0. The number of nitrogens with zero attached hydrogens (tertiary/aromatic N) is 1. The van der Waals surface area contributed by atoms with Gasteiger partial charge in [0.15, 0.2) is 10.1 Å². The van der Waals surface area contributed by atoms with E-state index in [1.54, 1.807) is 0 Å². The molecule has 4 nitrogen and oxygen atoms in total. The summed E-state index contributed by atoms with van der Waals surface area (Å²) in [7, 11) is -4.00. The van der Waals surface area contributed by atoms with Crippen molar-refractivity contribution in [3.05, 3.63) is 53.6 Å². The molecule has 0 bridgehead atoms. The summed E-state index contributed by atoms with van der Waals surface area (Å²) in [6.45, 7) is 0. The predicted octanol–water partition coefficient (Wildman–Crippen LogP) is 4.74. The summed E-state index contributed by atoms with van der Waals surface area (Å²) in [5, 5.41) is 3.29. The van der Waals surface area contributed by atoms with Crippen LogP contribution in [0.4, 0.5) is 13.2 Å². The molecule has 0 spiro atoms. The summed E-state index contributed by atoms with van der Waals surface area (Å²) < 4.78 is 63.7. The van der Waals surface area contributed by atoms with Crippen LogP contribution >= 0.6 is 22.9 Å². The number of fused-ring (bicyclic) bond motifs is 4. The van der Waals surface area contributed by atoms with E-state index in [9.17, 15) is 13.2 Å². The summed E-state index contributed by atoms with van der Waals surface area (Å²) in [5.74, 6) is 0. The molecule has 142 valence electrons. The Morgan fingerprint density at radius 3 is 2.30 bits per heavy atom. The fourth-order valence-corrected chi connectivity index (χ4v) is 4.25. The number of hydrogen-bond donors (Lipinski definition) is 0. The molecule has 2 aromatic carbocycles. The number of para-hydroxylation sites is 1. The second-order valence-corrected chi connectivity index (χ2v) is 8.45. The molecule has 2 aromatic heterocycles. The van der Waals surface area contributed by atoms with E-state index < -0.39 is 15.6 Å². The molecule has 0 aliphatic heterocycles. The average molecular weight is 434 g/mol. The fourth-order valence-electron chi connectivity index (χ4n) is 2.75. The van der Waals surface area contributed by atoms with Crippen molar-refractivity contribution in [1.82, 2.24) is 0 Å². The molecule has 0 aliphatic carbocycles. The molecule has 2 heterocycles. The maximum absolute atomic E-state index is 10.7. The topological polar surface area (TPSA) is 61.1 Å². The minimum absolute atomic E-state index is 0.803. The molecular weight excluding hydrogens is 423 g/mol. The first-order chi connectivity index (χ1) is 12.5. The van der Waals surface area contributed by atoms with Gasteiger partial charge in [-0.25, -0.2) is 8.42 Å². The monoisotopic (exact) mass is 433 g/mol. The normalized spacial score (nSPS) is 12.4. The van der Waals surface area contributed by atoms with Gasteiger partial charge >= 0.3 is 5.51 Å². The van der Waals surface area contributed by atoms with Crippen molar-refractivity contribution in [2.45, 2.75) is 5.51 Å². The molecular formula is C17H11ClF3NO3S2. The molecule has 0 unspecified atom stereocenters. The van der Waals surface area contributed by atoms with Crippen molar-refractivity contribution in [1.29, 1.82) is 0 Å². The Hall–Kier alpha value is -1.94. The van der Waals surface area contributed by atoms with Gasteiger partial charge in [-0.05, 0) is 30.3 Å². The Bertz CT molecular complexity index is 1270. The van der Waals surface area contributed by atoms with Gasteiger partial charge in [-0.1, -0.05) is 29.8 Å². The highest BCUT2D eigenvalue weighted by atomic mass is 35.5. The van der Waals surface area contributed by atoms with Crippen molar-refractivity contribution in [3.8, 4) is 0 Å². The zero-order valence-corrected chi connectivity index (χ0v) is 16.0. The van der Waals surface area contributed by atoms with Crippen LogP contribution < -0.4 is 4.57 Å². The van der Waals surface area contributed by atoms with E-state index in [2.05, 4.69) is 48.0 Å². The van der Waals surface area contributed by atoms with Crippen LogP contribution in [0.2, 0.25) is 5.02 Å². The zero-order chi connectivity index (χ0) is 20.0. The molecule has 0 aliphatic rings. The Morgan fingerprint density at radius 2 is 1.67 bits per heavy atom. The van der Waals surface area contributed by atoms with Crippen LogP contribution in [-0.4, -0.2) is 18.5 Å². The van der Waals surface area contributed by atoms with Gasteiger partial charge in [0.25, 0.3) is 0 Å². The molecule has 4 aromatic rings. The molecule has 0 amide bonds. The molecule has 0 fully saturated rings. The standard InChI is InChI=1S/C16H11ClNS.CHF3O3S/c1-18-15-10(5-4-7-12(15)17)9-14-16(18)11-6-2-3-8-13(11)19-14;2-1(3,4)8(5,6)7/h2-9H,1H3;(H,5,6,7)/q+1;/p-1. The second kappa shape index (κ2) is 6.90. The number of halogens is 4. The van der Waals surface area contributed by atoms with Crippen LogP contribution in [0.15, 0.2) is 48.5 Å². The third-order valence-electron chi connectivity index (χ3n) is 3.85. The van der Waals surface area contributed by atoms with Crippen molar-refractivity contribution >= 4 is 64.3 Å². The van der Waals surface area contributed by atoms with E-state index in [1.807, 2.05) is 23.5 Å². The minimum atomic E-state index is -6.09. The van der Waals surface area contributed by atoms with Gasteiger partial charge in [0.1, 0.15) is 16.8 Å². The molecule has 0 atom stereocenters. The maximum Gasteiger partial charge on any atom is 0.485 e. The van der Waals surface area contributed by atoms with Gasteiger partial charge in [-0.15, -0.1) is 11.3 Å². The van der Waals surface area contributed by atoms with Crippen molar-refractivity contribution in [3.63, 3.8) is 0 Å². The highest BCUT2D eigenvalue weighted by Crippen LogP contribution is 2.34. The van der Waals surface area contributed by atoms with E-state index in [0.29, 0.717) is 0 Å². The van der Waals surface area contributed by atoms with E-state index in [0.717, 1.165) is 10.5 Å². The van der Waals surface area contributed by atoms with Crippen LogP contribution in [0.5, 0.6) is 0 Å². The number of pyridine rings is 1. The van der Waals surface area contributed by atoms with Gasteiger partial charge in [-0.2, -0.15) is 17.7 Å². The zero-order valence-electron chi connectivity index (χ0n) is 13.6. The van der Waals surface area contributed by atoms with Crippen molar-refractivity contribution < 1.29 is 30.7 Å². The minimum Gasteiger partial charge on any atom is -0.741 e. The number of aryl methyl sites for hydroxylation is 1. The number of alkyl halides is 3. The number of aromatic nitrogens is 1. The van der Waals surface area contributed by atoms with Crippen LogP contribution in [0.1, 0.15) is 0 Å². The van der Waals surface area contributed by atoms with Crippen molar-refractivity contribution in [2.24, 2.45) is 7.05 Å². The van der Waals surface area contributed by atoms with Crippen LogP contribution in [0, 0.1) is 0 Å². The number of thiophene rings is 1. The van der Waals surface area contributed by atoms with E-state index in [4.69, 9.17) is 24.6 Å². The van der Waals surface area contributed by atoms with Gasteiger partial charge in [0.05, 0.1) is 5.39 Å². The molecule has 0 radical (unpaired) electrons. The second-order valence-electron chi connectivity index (χ2n) is 5.59. The molecule has 4 rings (SSSR count). The first-order valence-electron chi connectivity index (χ1n) is 7.41. The quantitative estimate of drug-likeness (QED) is 0.229. The first-order valence-corrected chi connectivity index (χ1v) is 10.0. The maximum atomic E-state index is 10.7. The molecule has 0 N–H and O–H groups in total. The molecule has 27 heavy (non-hydrogen) atoms. The average Bonchev–Trinajstić information content (AvgIpc) is 2.92. The Labute approximate surface area is 161 Å². The van der Waals surface area contributed by atoms with E-state index in [1.165, 1.54) is 25.7 Å². The third-order valence-corrected chi connectivity index (χ3v) is 5.83. The van der Waals surface area contributed by atoms with Crippen LogP contribution in [-0.2, 0) is 17.2 Å². The Kier molecular flexibility index (Phi) is 5.06. The lowest BCUT2D eigenvalue weighted by Crippen LogP contribution is -2.29. The molecule has 0 saturated heterocycles. The summed E-state index contributed by atoms with van der Waals surface area (Å²) in [6.07, 6.45) is 0.